The molecule has 144 valence electrons. The molecule has 2 aromatic carbocycles. The van der Waals surface area contributed by atoms with Gasteiger partial charge in [0.25, 0.3) is 5.91 Å². The lowest BCUT2D eigenvalue weighted by Gasteiger charge is -2.10. The fourth-order valence-electron chi connectivity index (χ4n) is 2.23. The van der Waals surface area contributed by atoms with Crippen LogP contribution < -0.4 is 10.1 Å². The predicted octanol–water partition coefficient (Wildman–Crippen LogP) is 5.42. The summed E-state index contributed by atoms with van der Waals surface area (Å²) in [5, 5.41) is 2.23. The molecular weight excluding hydrogens is 383 g/mol. The normalized spacial score (nSPS) is 11.2. The van der Waals surface area contributed by atoms with E-state index in [4.69, 9.17) is 4.74 Å². The Bertz CT molecular complexity index is 1020. The van der Waals surface area contributed by atoms with Crippen LogP contribution in [0.5, 0.6) is 11.6 Å². The molecule has 3 rings (SSSR count). The Balaban J connectivity index is 1.78. The van der Waals surface area contributed by atoms with Gasteiger partial charge in [-0.25, -0.2) is 13.8 Å². The number of carbonyl (C=O) groups is 1. The maximum absolute atomic E-state index is 13.6. The highest BCUT2D eigenvalue weighted by molar-refractivity contribution is 6.03. The van der Waals surface area contributed by atoms with Crippen LogP contribution in [0.3, 0.4) is 0 Å². The molecule has 0 saturated carbocycles. The zero-order chi connectivity index (χ0) is 20.3. The molecule has 0 bridgehead atoms. The van der Waals surface area contributed by atoms with Gasteiger partial charge in [-0.1, -0.05) is 12.1 Å². The molecule has 0 spiro atoms. The summed E-state index contributed by atoms with van der Waals surface area (Å²) in [4.78, 5) is 16.1. The van der Waals surface area contributed by atoms with Gasteiger partial charge in [-0.05, 0) is 36.4 Å². The van der Waals surface area contributed by atoms with Crippen molar-refractivity contribution in [2.24, 2.45) is 0 Å². The first kappa shape index (κ1) is 19.3. The molecule has 0 aliphatic rings. The highest BCUT2D eigenvalue weighted by atomic mass is 19.4. The van der Waals surface area contributed by atoms with E-state index >= 15 is 0 Å². The van der Waals surface area contributed by atoms with Crippen molar-refractivity contribution in [1.29, 1.82) is 0 Å². The number of carbonyl (C=O) groups excluding carboxylic acids is 1. The van der Waals surface area contributed by atoms with Crippen molar-refractivity contribution in [2.75, 3.05) is 5.32 Å². The minimum absolute atomic E-state index is 0.121. The highest BCUT2D eigenvalue weighted by Gasteiger charge is 2.30. The van der Waals surface area contributed by atoms with Gasteiger partial charge >= 0.3 is 6.18 Å². The van der Waals surface area contributed by atoms with Crippen molar-refractivity contribution in [3.8, 4) is 11.6 Å². The van der Waals surface area contributed by atoms with Crippen molar-refractivity contribution in [3.63, 3.8) is 0 Å². The monoisotopic (exact) mass is 394 g/mol. The van der Waals surface area contributed by atoms with Crippen LogP contribution in [0, 0.1) is 11.6 Å². The zero-order valence-electron chi connectivity index (χ0n) is 13.9. The van der Waals surface area contributed by atoms with Crippen LogP contribution in [0.25, 0.3) is 0 Å². The zero-order valence-corrected chi connectivity index (χ0v) is 13.9. The average molecular weight is 394 g/mol. The van der Waals surface area contributed by atoms with E-state index in [-0.39, 0.29) is 23.0 Å². The lowest BCUT2D eigenvalue weighted by atomic mass is 10.2. The molecule has 3 aromatic rings. The van der Waals surface area contributed by atoms with E-state index in [9.17, 15) is 26.7 Å². The van der Waals surface area contributed by atoms with E-state index in [1.807, 2.05) is 0 Å². The Morgan fingerprint density at radius 1 is 0.964 bits per heavy atom. The Morgan fingerprint density at radius 2 is 1.71 bits per heavy atom. The Morgan fingerprint density at radius 3 is 2.43 bits per heavy atom. The predicted molar refractivity (Wildman–Crippen MR) is 90.1 cm³/mol. The van der Waals surface area contributed by atoms with E-state index in [1.165, 1.54) is 30.3 Å². The molecule has 0 atom stereocenters. The number of rotatable bonds is 4. The molecule has 0 fully saturated rings. The SMILES string of the molecule is O=C(Nc1ccc(F)cc1F)c1cccc(Oc2cccc(C(F)(F)F)c2)n1. The number of nitrogens with one attached hydrogen (secondary N) is 1. The average Bonchev–Trinajstić information content (AvgIpc) is 2.64. The second-order valence-electron chi connectivity index (χ2n) is 5.57. The maximum Gasteiger partial charge on any atom is 0.416 e. The highest BCUT2D eigenvalue weighted by Crippen LogP contribution is 2.32. The van der Waals surface area contributed by atoms with Crippen molar-refractivity contribution < 1.29 is 31.5 Å². The summed E-state index contributed by atoms with van der Waals surface area (Å²) in [6, 6.07) is 10.8. The fraction of sp³-hybridized carbons (Fsp3) is 0.0526. The molecule has 1 amide bonds. The smallest absolute Gasteiger partial charge is 0.416 e. The molecule has 0 unspecified atom stereocenters. The number of hydrogen-bond donors (Lipinski definition) is 1. The molecule has 0 saturated heterocycles. The quantitative estimate of drug-likeness (QED) is 0.601. The van der Waals surface area contributed by atoms with Gasteiger partial charge in [0.05, 0.1) is 11.3 Å². The van der Waals surface area contributed by atoms with Crippen molar-refractivity contribution >= 4 is 11.6 Å². The van der Waals surface area contributed by atoms with Crippen molar-refractivity contribution in [3.05, 3.63) is 83.6 Å². The maximum atomic E-state index is 13.6. The first-order chi connectivity index (χ1) is 13.2. The summed E-state index contributed by atoms with van der Waals surface area (Å²) < 4.78 is 70.1. The van der Waals surface area contributed by atoms with Crippen LogP contribution in [-0.4, -0.2) is 10.9 Å². The number of alkyl halides is 3. The van der Waals surface area contributed by atoms with E-state index in [2.05, 4.69) is 10.3 Å². The fourth-order valence-corrected chi connectivity index (χ4v) is 2.23. The number of nitrogens with zero attached hydrogens (tertiary/aromatic N) is 1. The molecule has 0 radical (unpaired) electrons. The number of aromatic nitrogens is 1. The summed E-state index contributed by atoms with van der Waals surface area (Å²) in [6.45, 7) is 0. The summed E-state index contributed by atoms with van der Waals surface area (Å²) in [6.07, 6.45) is -4.53. The topological polar surface area (TPSA) is 51.2 Å². The third kappa shape index (κ3) is 4.61. The van der Waals surface area contributed by atoms with Crippen LogP contribution in [0.4, 0.5) is 27.6 Å². The Hall–Kier alpha value is -3.49. The second kappa shape index (κ2) is 7.63. The molecule has 0 aliphatic carbocycles. The van der Waals surface area contributed by atoms with Gasteiger partial charge in [0, 0.05) is 12.1 Å². The van der Waals surface area contributed by atoms with E-state index in [1.54, 1.807) is 0 Å². The summed E-state index contributed by atoms with van der Waals surface area (Å²) >= 11 is 0. The third-order valence-corrected chi connectivity index (χ3v) is 3.52. The molecule has 1 N–H and O–H groups in total. The van der Waals surface area contributed by atoms with E-state index in [0.29, 0.717) is 6.07 Å². The minimum atomic E-state index is -4.53. The van der Waals surface area contributed by atoms with E-state index in [0.717, 1.165) is 24.3 Å². The van der Waals surface area contributed by atoms with Gasteiger partial charge in [-0.15, -0.1) is 0 Å². The number of benzene rings is 2. The second-order valence-corrected chi connectivity index (χ2v) is 5.57. The van der Waals surface area contributed by atoms with Gasteiger partial charge in [0.2, 0.25) is 5.88 Å². The molecular formula is C19H11F5N2O2. The van der Waals surface area contributed by atoms with Crippen LogP contribution in [0.15, 0.2) is 60.7 Å². The van der Waals surface area contributed by atoms with Crippen LogP contribution >= 0.6 is 0 Å². The van der Waals surface area contributed by atoms with Gasteiger partial charge in [0.15, 0.2) is 0 Å². The molecule has 4 nitrogen and oxygen atoms in total. The van der Waals surface area contributed by atoms with Gasteiger partial charge < -0.3 is 10.1 Å². The van der Waals surface area contributed by atoms with Crippen molar-refractivity contribution in [2.45, 2.75) is 6.18 Å². The summed E-state index contributed by atoms with van der Waals surface area (Å²) in [5.41, 5.74) is -1.32. The molecule has 1 heterocycles. The van der Waals surface area contributed by atoms with Crippen LogP contribution in [0.2, 0.25) is 0 Å². The van der Waals surface area contributed by atoms with Crippen LogP contribution in [-0.2, 0) is 6.18 Å². The Kier molecular flexibility index (Phi) is 5.25. The third-order valence-electron chi connectivity index (χ3n) is 3.52. The summed E-state index contributed by atoms with van der Waals surface area (Å²) in [5.74, 6) is -2.83. The molecule has 9 heteroatoms. The molecule has 1 aromatic heterocycles. The van der Waals surface area contributed by atoms with E-state index < -0.39 is 29.3 Å². The number of hydrogen-bond acceptors (Lipinski definition) is 3. The summed E-state index contributed by atoms with van der Waals surface area (Å²) in [7, 11) is 0. The first-order valence-corrected chi connectivity index (χ1v) is 7.81. The largest absolute Gasteiger partial charge is 0.439 e. The van der Waals surface area contributed by atoms with Gasteiger partial charge in [-0.3, -0.25) is 4.79 Å². The number of anilines is 1. The number of amides is 1. The number of pyridine rings is 1. The number of ether oxygens (including phenoxy) is 1. The Labute approximate surface area is 155 Å². The number of halogens is 5. The lowest BCUT2D eigenvalue weighted by molar-refractivity contribution is -0.137. The van der Waals surface area contributed by atoms with Crippen molar-refractivity contribution in [1.82, 2.24) is 4.98 Å². The van der Waals surface area contributed by atoms with Gasteiger partial charge in [-0.2, -0.15) is 13.2 Å². The molecule has 0 aliphatic heterocycles. The lowest BCUT2D eigenvalue weighted by Crippen LogP contribution is -2.15. The minimum Gasteiger partial charge on any atom is -0.439 e. The van der Waals surface area contributed by atoms with Gasteiger partial charge in [0.1, 0.15) is 23.1 Å². The van der Waals surface area contributed by atoms with Crippen LogP contribution in [0.1, 0.15) is 16.1 Å². The molecule has 28 heavy (non-hydrogen) atoms. The first-order valence-electron chi connectivity index (χ1n) is 7.81. The standard InChI is InChI=1S/C19H11F5N2O2/c20-12-7-8-15(14(21)10-12)26-18(27)16-5-2-6-17(25-16)28-13-4-1-3-11(9-13)19(22,23)24/h1-10H,(H,26,27).